The third-order valence-electron chi connectivity index (χ3n) is 14.6. The van der Waals surface area contributed by atoms with Gasteiger partial charge in [0.2, 0.25) is 0 Å². The van der Waals surface area contributed by atoms with Gasteiger partial charge in [0, 0.05) is 11.5 Å². The Labute approximate surface area is 280 Å². The van der Waals surface area contributed by atoms with E-state index in [9.17, 15) is 45.6 Å². The maximum atomic E-state index is 12.5. The second-order valence-electron chi connectivity index (χ2n) is 16.6. The summed E-state index contributed by atoms with van der Waals surface area (Å²) in [4.78, 5) is 11.9. The van der Waals surface area contributed by atoms with E-state index >= 15 is 0 Å². The summed E-state index contributed by atoms with van der Waals surface area (Å²) in [5, 5.41) is 87.8. The predicted molar refractivity (Wildman–Crippen MR) is 166 cm³/mol. The molecule has 0 bridgehead atoms. The van der Waals surface area contributed by atoms with Gasteiger partial charge >= 0.3 is 5.97 Å². The van der Waals surface area contributed by atoms with Crippen LogP contribution in [-0.2, 0) is 23.7 Å². The summed E-state index contributed by atoms with van der Waals surface area (Å²) >= 11 is 0. The fraction of sp³-hybridized carbons (Fsp3) is 0.914. The molecule has 18 atom stereocenters. The fourth-order valence-electron chi connectivity index (χ4n) is 11.7. The molecule has 0 unspecified atom stereocenters. The minimum atomic E-state index is -1.67. The third-order valence-corrected chi connectivity index (χ3v) is 14.6. The first-order valence-corrected chi connectivity index (χ1v) is 17.9. The Morgan fingerprint density at radius 1 is 0.833 bits per heavy atom. The highest BCUT2D eigenvalue weighted by molar-refractivity contribution is 5.85. The van der Waals surface area contributed by atoms with E-state index in [0.717, 1.165) is 24.8 Å². The molecule has 4 saturated carbocycles. The highest BCUT2D eigenvalue weighted by atomic mass is 16.7. The van der Waals surface area contributed by atoms with Gasteiger partial charge in [-0.25, -0.2) is 4.79 Å². The molecule has 272 valence electrons. The minimum absolute atomic E-state index is 0.0142. The Morgan fingerprint density at radius 3 is 2.23 bits per heavy atom. The van der Waals surface area contributed by atoms with Crippen LogP contribution in [0.1, 0.15) is 78.6 Å². The molecule has 4 aliphatic carbocycles. The number of cyclic esters (lactones) is 1. The standard InChI is InChI=1S/C35H54O13/c1-16-29(48-31-28(42)25(39)24(38)22(14-36)47-31)26(40)27(41)30(46-16)17-4-8-32(2)20-5-9-33(3)19(18-12-23(37)45-15-18)7-11-35(33,44)21(20)6-10-34(32,43)13-17/h12,16-17,19-22,24-31,36,38-44H,4-11,13-15H2,1-3H3/t16-,17-,19+,20-,21+,22+,24+,25-,26-,27-,28+,29+,30+,31-,32+,33+,34-,35-/m0/s1. The zero-order chi connectivity index (χ0) is 34.6. The first-order chi connectivity index (χ1) is 22.6. The molecule has 0 aromatic heterocycles. The van der Waals surface area contributed by atoms with E-state index in [4.69, 9.17) is 18.9 Å². The minimum Gasteiger partial charge on any atom is -0.458 e. The van der Waals surface area contributed by atoms with Gasteiger partial charge in [-0.05, 0) is 99.4 Å². The lowest BCUT2D eigenvalue weighted by molar-refractivity contribution is -0.343. The predicted octanol–water partition coefficient (Wildman–Crippen LogP) is -0.331. The summed E-state index contributed by atoms with van der Waals surface area (Å²) in [7, 11) is 0. The van der Waals surface area contributed by atoms with E-state index in [1.54, 1.807) is 13.0 Å². The normalized spacial score (nSPS) is 56.9. The summed E-state index contributed by atoms with van der Waals surface area (Å²) in [5.41, 5.74) is -1.83. The molecule has 7 aliphatic rings. The molecule has 0 radical (unpaired) electrons. The number of rotatable bonds is 5. The Balaban J connectivity index is 1.04. The summed E-state index contributed by atoms with van der Waals surface area (Å²) in [5.74, 6) is -0.371. The molecule has 0 spiro atoms. The molecule has 0 aromatic rings. The number of esters is 1. The van der Waals surface area contributed by atoms with Crippen molar-refractivity contribution in [3.63, 3.8) is 0 Å². The zero-order valence-corrected chi connectivity index (χ0v) is 28.1. The van der Waals surface area contributed by atoms with Crippen LogP contribution in [0.25, 0.3) is 0 Å². The largest absolute Gasteiger partial charge is 0.458 e. The summed E-state index contributed by atoms with van der Waals surface area (Å²) in [6, 6.07) is 0. The van der Waals surface area contributed by atoms with Crippen LogP contribution in [0.3, 0.4) is 0 Å². The smallest absolute Gasteiger partial charge is 0.331 e. The quantitative estimate of drug-likeness (QED) is 0.175. The Bertz CT molecular complexity index is 1280. The maximum absolute atomic E-state index is 12.5. The van der Waals surface area contributed by atoms with E-state index in [1.165, 1.54) is 0 Å². The average molecular weight is 683 g/mol. The number of carbonyl (C=O) groups is 1. The summed E-state index contributed by atoms with van der Waals surface area (Å²) in [6.07, 6.45) is -5.52. The highest BCUT2D eigenvalue weighted by Gasteiger charge is 2.70. The van der Waals surface area contributed by atoms with E-state index in [2.05, 4.69) is 13.8 Å². The van der Waals surface area contributed by atoms with Crippen LogP contribution in [0.15, 0.2) is 11.6 Å². The first-order valence-electron chi connectivity index (χ1n) is 17.9. The average Bonchev–Trinajstić information content (AvgIpc) is 3.60. The molecule has 0 amide bonds. The molecular formula is C35H54O13. The molecule has 48 heavy (non-hydrogen) atoms. The van der Waals surface area contributed by atoms with Crippen molar-refractivity contribution < 1.29 is 64.6 Å². The molecular weight excluding hydrogens is 628 g/mol. The van der Waals surface area contributed by atoms with Gasteiger partial charge in [-0.1, -0.05) is 13.8 Å². The van der Waals surface area contributed by atoms with Crippen LogP contribution in [0.5, 0.6) is 0 Å². The van der Waals surface area contributed by atoms with E-state index in [1.807, 2.05) is 0 Å². The maximum Gasteiger partial charge on any atom is 0.331 e. The van der Waals surface area contributed by atoms with Gasteiger partial charge in [-0.15, -0.1) is 0 Å². The van der Waals surface area contributed by atoms with Gasteiger partial charge in [0.15, 0.2) is 6.29 Å². The van der Waals surface area contributed by atoms with Gasteiger partial charge in [-0.3, -0.25) is 0 Å². The molecule has 2 saturated heterocycles. The van der Waals surface area contributed by atoms with Crippen molar-refractivity contribution in [3.05, 3.63) is 11.6 Å². The summed E-state index contributed by atoms with van der Waals surface area (Å²) in [6.45, 7) is 5.67. The van der Waals surface area contributed by atoms with Crippen LogP contribution >= 0.6 is 0 Å². The monoisotopic (exact) mass is 682 g/mol. The number of hydrogen-bond acceptors (Lipinski definition) is 13. The third kappa shape index (κ3) is 5.02. The molecule has 7 rings (SSSR count). The zero-order valence-electron chi connectivity index (χ0n) is 28.1. The van der Waals surface area contributed by atoms with Crippen LogP contribution in [0.4, 0.5) is 0 Å². The Hall–Kier alpha value is -1.23. The van der Waals surface area contributed by atoms with Gasteiger partial charge in [0.25, 0.3) is 0 Å². The Morgan fingerprint density at radius 2 is 1.54 bits per heavy atom. The second-order valence-corrected chi connectivity index (χ2v) is 16.6. The first kappa shape index (κ1) is 35.2. The van der Waals surface area contributed by atoms with Gasteiger partial charge in [-0.2, -0.15) is 0 Å². The van der Waals surface area contributed by atoms with Crippen LogP contribution in [0, 0.1) is 34.5 Å². The van der Waals surface area contributed by atoms with Crippen molar-refractivity contribution in [3.8, 4) is 0 Å². The number of hydrogen-bond donors (Lipinski definition) is 8. The molecule has 3 aliphatic heterocycles. The SMILES string of the molecule is C[C@@H]1O[C@H]([C@H]2CC[C@]3(C)[C@H]4CC[C@]5(C)[C@@H](C6=CC(=O)OC6)CC[C@]5(O)[C@@H]4CC[C@]3(O)C2)[C@@H](O)[C@H](O)[C@@H]1O[C@@H]1O[C@H](CO)[C@@H](O)[C@H](O)[C@H]1O. The molecule has 6 fully saturated rings. The van der Waals surface area contributed by atoms with Crippen molar-refractivity contribution in [2.75, 3.05) is 13.2 Å². The van der Waals surface area contributed by atoms with Crippen molar-refractivity contribution in [1.82, 2.24) is 0 Å². The van der Waals surface area contributed by atoms with Gasteiger partial charge < -0.3 is 59.8 Å². The van der Waals surface area contributed by atoms with E-state index in [-0.39, 0.29) is 35.1 Å². The van der Waals surface area contributed by atoms with Gasteiger partial charge in [0.1, 0.15) is 49.3 Å². The van der Waals surface area contributed by atoms with Crippen molar-refractivity contribution >= 4 is 5.97 Å². The molecule has 8 N–H and O–H groups in total. The molecule has 13 heteroatoms. The van der Waals surface area contributed by atoms with Crippen molar-refractivity contribution in [1.29, 1.82) is 0 Å². The van der Waals surface area contributed by atoms with Crippen molar-refractivity contribution in [2.24, 2.45) is 34.5 Å². The lowest BCUT2D eigenvalue weighted by Gasteiger charge is -2.66. The second kappa shape index (κ2) is 12.2. The number of ether oxygens (including phenoxy) is 4. The van der Waals surface area contributed by atoms with Crippen LogP contribution in [-0.4, -0.2) is 132 Å². The van der Waals surface area contributed by atoms with E-state index in [0.29, 0.717) is 45.1 Å². The molecule has 13 nitrogen and oxygen atoms in total. The topological polar surface area (TPSA) is 216 Å². The Kier molecular flexibility index (Phi) is 8.93. The number of aliphatic hydroxyl groups is 8. The summed E-state index contributed by atoms with van der Waals surface area (Å²) < 4.78 is 22.8. The van der Waals surface area contributed by atoms with Crippen LogP contribution in [0.2, 0.25) is 0 Å². The lowest BCUT2D eigenvalue weighted by atomic mass is 9.41. The van der Waals surface area contributed by atoms with Gasteiger partial charge in [0.05, 0.1) is 30.0 Å². The molecule has 3 heterocycles. The molecule has 0 aromatic carbocycles. The highest BCUT2D eigenvalue weighted by Crippen LogP contribution is 2.71. The number of aliphatic hydroxyl groups excluding tert-OH is 6. The van der Waals surface area contributed by atoms with Crippen LogP contribution < -0.4 is 0 Å². The fourth-order valence-corrected chi connectivity index (χ4v) is 11.7. The van der Waals surface area contributed by atoms with Crippen molar-refractivity contribution in [2.45, 2.75) is 151 Å². The number of carbonyl (C=O) groups excluding carboxylic acids is 1. The van der Waals surface area contributed by atoms with E-state index < -0.39 is 84.4 Å². The lowest BCUT2D eigenvalue weighted by Crippen LogP contribution is -2.68. The number of fused-ring (bicyclic) bond motifs is 5.